The molecule has 0 saturated heterocycles. The van der Waals surface area contributed by atoms with Crippen molar-refractivity contribution in [2.75, 3.05) is 7.11 Å². The van der Waals surface area contributed by atoms with Crippen molar-refractivity contribution >= 4 is 11.9 Å². The van der Waals surface area contributed by atoms with Gasteiger partial charge in [0.25, 0.3) is 5.91 Å². The van der Waals surface area contributed by atoms with Crippen LogP contribution in [0.3, 0.4) is 0 Å². The van der Waals surface area contributed by atoms with Gasteiger partial charge in [-0.1, -0.05) is 30.3 Å². The number of carbonyl (C=O) groups excluding carboxylic acids is 2. The Balaban J connectivity index is 1.80. The van der Waals surface area contributed by atoms with Crippen LogP contribution in [0, 0.1) is 11.8 Å². The monoisotopic (exact) mass is 310 g/mol. The van der Waals surface area contributed by atoms with Crippen molar-refractivity contribution in [3.8, 4) is 0 Å². The molecule has 118 valence electrons. The number of rotatable bonds is 5. The lowest BCUT2D eigenvalue weighted by Crippen LogP contribution is -2.31. The van der Waals surface area contributed by atoms with Crippen molar-refractivity contribution in [1.82, 2.24) is 10.3 Å². The first kappa shape index (κ1) is 15.2. The van der Waals surface area contributed by atoms with E-state index in [1.54, 1.807) is 18.3 Å². The van der Waals surface area contributed by atoms with Crippen LogP contribution >= 0.6 is 0 Å². The zero-order chi connectivity index (χ0) is 16.2. The van der Waals surface area contributed by atoms with Gasteiger partial charge in [0.15, 0.2) is 0 Å². The summed E-state index contributed by atoms with van der Waals surface area (Å²) in [6.45, 7) is 0. The number of methoxy groups -OCH3 is 1. The number of aromatic nitrogens is 1. The SMILES string of the molecule is COC(=O)[C@@H]1C[C@@H]1[C@@H](NC(=O)c1cccnc1)c1ccccc1. The molecule has 0 aliphatic heterocycles. The summed E-state index contributed by atoms with van der Waals surface area (Å²) in [4.78, 5) is 28.1. The Morgan fingerprint density at radius 2 is 2.00 bits per heavy atom. The Labute approximate surface area is 134 Å². The minimum Gasteiger partial charge on any atom is -0.469 e. The molecule has 0 unspecified atom stereocenters. The zero-order valence-electron chi connectivity index (χ0n) is 12.8. The molecule has 3 rings (SSSR count). The molecule has 1 aromatic heterocycles. The van der Waals surface area contributed by atoms with Gasteiger partial charge in [0, 0.05) is 12.4 Å². The van der Waals surface area contributed by atoms with Crippen LogP contribution in [0.4, 0.5) is 0 Å². The van der Waals surface area contributed by atoms with Gasteiger partial charge in [-0.05, 0) is 30.0 Å². The Morgan fingerprint density at radius 1 is 1.22 bits per heavy atom. The van der Waals surface area contributed by atoms with Crippen molar-refractivity contribution in [3.63, 3.8) is 0 Å². The van der Waals surface area contributed by atoms with Crippen molar-refractivity contribution in [2.24, 2.45) is 11.8 Å². The first-order valence-corrected chi connectivity index (χ1v) is 7.54. The molecule has 5 heteroatoms. The summed E-state index contributed by atoms with van der Waals surface area (Å²) in [7, 11) is 1.39. The molecular formula is C18H18N2O3. The molecule has 0 spiro atoms. The number of ether oxygens (including phenoxy) is 1. The highest BCUT2D eigenvalue weighted by atomic mass is 16.5. The fourth-order valence-corrected chi connectivity index (χ4v) is 2.83. The van der Waals surface area contributed by atoms with Crippen LogP contribution in [0.5, 0.6) is 0 Å². The van der Waals surface area contributed by atoms with Crippen LogP contribution in [0.25, 0.3) is 0 Å². The van der Waals surface area contributed by atoms with Crippen molar-refractivity contribution in [2.45, 2.75) is 12.5 Å². The van der Waals surface area contributed by atoms with Gasteiger partial charge in [0.2, 0.25) is 0 Å². The average Bonchev–Trinajstić information content (AvgIpc) is 3.40. The summed E-state index contributed by atoms with van der Waals surface area (Å²) >= 11 is 0. The van der Waals surface area contributed by atoms with Crippen LogP contribution in [-0.4, -0.2) is 24.0 Å². The maximum Gasteiger partial charge on any atom is 0.309 e. The van der Waals surface area contributed by atoms with Gasteiger partial charge in [-0.3, -0.25) is 14.6 Å². The summed E-state index contributed by atoms with van der Waals surface area (Å²) in [5, 5.41) is 3.03. The lowest BCUT2D eigenvalue weighted by Gasteiger charge is -2.19. The third-order valence-corrected chi connectivity index (χ3v) is 4.14. The largest absolute Gasteiger partial charge is 0.469 e. The standard InChI is InChI=1S/C18H18N2O3/c1-23-18(22)15-10-14(15)16(12-6-3-2-4-7-12)20-17(21)13-8-5-9-19-11-13/h2-9,11,14-16H,10H2,1H3,(H,20,21)/t14-,15+,16-/m0/s1. The van der Waals surface area contributed by atoms with E-state index >= 15 is 0 Å². The minimum absolute atomic E-state index is 0.0606. The number of benzene rings is 1. The highest BCUT2D eigenvalue weighted by Crippen LogP contribution is 2.48. The summed E-state index contributed by atoms with van der Waals surface area (Å²) in [6.07, 6.45) is 3.88. The zero-order valence-corrected chi connectivity index (χ0v) is 12.8. The fourth-order valence-electron chi connectivity index (χ4n) is 2.83. The minimum atomic E-state index is -0.216. The van der Waals surface area contributed by atoms with E-state index in [0.717, 1.165) is 12.0 Å². The van der Waals surface area contributed by atoms with E-state index in [4.69, 9.17) is 4.74 Å². The summed E-state index contributed by atoms with van der Waals surface area (Å²) in [5.41, 5.74) is 1.49. The molecular weight excluding hydrogens is 292 g/mol. The molecule has 1 aromatic carbocycles. The van der Waals surface area contributed by atoms with Gasteiger partial charge < -0.3 is 10.1 Å². The summed E-state index contributed by atoms with van der Waals surface area (Å²) < 4.78 is 4.82. The molecule has 1 saturated carbocycles. The molecule has 1 amide bonds. The predicted octanol–water partition coefficient (Wildman–Crippen LogP) is 2.36. The number of hydrogen-bond donors (Lipinski definition) is 1. The Hall–Kier alpha value is -2.69. The molecule has 23 heavy (non-hydrogen) atoms. The molecule has 3 atom stereocenters. The second-order valence-electron chi connectivity index (χ2n) is 5.63. The van der Waals surface area contributed by atoms with Gasteiger partial charge >= 0.3 is 5.97 Å². The lowest BCUT2D eigenvalue weighted by atomic mass is 10.0. The van der Waals surface area contributed by atoms with E-state index in [1.807, 2.05) is 30.3 Å². The summed E-state index contributed by atoms with van der Waals surface area (Å²) in [6, 6.07) is 12.9. The van der Waals surface area contributed by atoms with Crippen LogP contribution in [-0.2, 0) is 9.53 Å². The quantitative estimate of drug-likeness (QED) is 0.861. The molecule has 1 fully saturated rings. The lowest BCUT2D eigenvalue weighted by molar-refractivity contribution is -0.142. The number of nitrogens with zero attached hydrogens (tertiary/aromatic N) is 1. The Bertz CT molecular complexity index is 688. The van der Waals surface area contributed by atoms with E-state index < -0.39 is 0 Å². The molecule has 1 N–H and O–H groups in total. The third-order valence-electron chi connectivity index (χ3n) is 4.14. The van der Waals surface area contributed by atoms with E-state index in [1.165, 1.54) is 13.3 Å². The summed E-state index contributed by atoms with van der Waals surface area (Å²) in [5.74, 6) is -0.501. The van der Waals surface area contributed by atoms with Gasteiger partial charge in [-0.25, -0.2) is 0 Å². The highest BCUT2D eigenvalue weighted by Gasteiger charge is 2.49. The molecule has 2 aromatic rings. The van der Waals surface area contributed by atoms with Crippen molar-refractivity contribution in [3.05, 3.63) is 66.0 Å². The fraction of sp³-hybridized carbons (Fsp3) is 0.278. The van der Waals surface area contributed by atoms with Gasteiger partial charge in [-0.15, -0.1) is 0 Å². The smallest absolute Gasteiger partial charge is 0.309 e. The molecule has 0 radical (unpaired) electrons. The Morgan fingerprint density at radius 3 is 2.65 bits per heavy atom. The highest BCUT2D eigenvalue weighted by molar-refractivity contribution is 5.94. The van der Waals surface area contributed by atoms with E-state index in [9.17, 15) is 9.59 Å². The molecule has 1 aliphatic carbocycles. The number of hydrogen-bond acceptors (Lipinski definition) is 4. The molecule has 5 nitrogen and oxygen atoms in total. The van der Waals surface area contributed by atoms with Crippen LogP contribution in [0.2, 0.25) is 0 Å². The number of esters is 1. The number of nitrogens with one attached hydrogen (secondary N) is 1. The number of amides is 1. The first-order chi connectivity index (χ1) is 11.2. The third kappa shape index (κ3) is 3.39. The van der Waals surface area contributed by atoms with Crippen LogP contribution in [0.1, 0.15) is 28.4 Å². The Kier molecular flexibility index (Phi) is 4.37. The van der Waals surface area contributed by atoms with Gasteiger partial charge in [-0.2, -0.15) is 0 Å². The van der Waals surface area contributed by atoms with Crippen molar-refractivity contribution < 1.29 is 14.3 Å². The average molecular weight is 310 g/mol. The van der Waals surface area contributed by atoms with E-state index in [0.29, 0.717) is 5.56 Å². The van der Waals surface area contributed by atoms with Crippen molar-refractivity contribution in [1.29, 1.82) is 0 Å². The molecule has 1 aliphatic rings. The first-order valence-electron chi connectivity index (χ1n) is 7.54. The topological polar surface area (TPSA) is 68.3 Å². The number of pyridine rings is 1. The molecule has 1 heterocycles. The van der Waals surface area contributed by atoms with E-state index in [2.05, 4.69) is 10.3 Å². The second kappa shape index (κ2) is 6.60. The normalized spacial score (nSPS) is 20.4. The van der Waals surface area contributed by atoms with E-state index in [-0.39, 0.29) is 29.8 Å². The number of carbonyl (C=O) groups is 2. The maximum atomic E-state index is 12.4. The predicted molar refractivity (Wildman–Crippen MR) is 84.5 cm³/mol. The van der Waals surface area contributed by atoms with Crippen LogP contribution < -0.4 is 5.32 Å². The molecule has 0 bridgehead atoms. The maximum absolute atomic E-state index is 12.4. The van der Waals surface area contributed by atoms with Gasteiger partial charge in [0.1, 0.15) is 0 Å². The second-order valence-corrected chi connectivity index (χ2v) is 5.63. The van der Waals surface area contributed by atoms with Gasteiger partial charge in [0.05, 0.1) is 24.6 Å². The van der Waals surface area contributed by atoms with Crippen LogP contribution in [0.15, 0.2) is 54.9 Å².